The molecular weight excluding hydrogens is 380 g/mol. The number of hydrogen-bond donors (Lipinski definition) is 1. The van der Waals surface area contributed by atoms with Gasteiger partial charge in [0.1, 0.15) is 5.75 Å². The highest BCUT2D eigenvalue weighted by Crippen LogP contribution is 2.28. The van der Waals surface area contributed by atoms with E-state index in [0.717, 1.165) is 28.7 Å². The number of nitrogens with one attached hydrogen (secondary N) is 1. The van der Waals surface area contributed by atoms with Crippen LogP contribution in [0.15, 0.2) is 47.2 Å². The van der Waals surface area contributed by atoms with E-state index in [1.54, 1.807) is 13.3 Å². The van der Waals surface area contributed by atoms with Crippen molar-refractivity contribution in [3.8, 4) is 17.0 Å². The van der Waals surface area contributed by atoms with Gasteiger partial charge in [-0.05, 0) is 30.2 Å². The Morgan fingerprint density at radius 2 is 2.07 bits per heavy atom. The minimum absolute atomic E-state index is 0.0833. The third-order valence-electron chi connectivity index (χ3n) is 3.76. The summed E-state index contributed by atoms with van der Waals surface area (Å²) in [6, 6.07) is 7.93. The first-order valence-electron chi connectivity index (χ1n) is 8.59. The van der Waals surface area contributed by atoms with E-state index in [9.17, 15) is 4.79 Å². The van der Waals surface area contributed by atoms with E-state index in [-0.39, 0.29) is 11.7 Å². The fraction of sp³-hybridized carbons (Fsp3) is 0.316. The minimum atomic E-state index is -0.0833. The fourth-order valence-corrected chi connectivity index (χ4v) is 3.91. The molecule has 1 aromatic carbocycles. The van der Waals surface area contributed by atoms with E-state index in [1.165, 1.54) is 23.1 Å². The number of ether oxygens (including phenoxy) is 1. The predicted octanol–water partition coefficient (Wildman–Crippen LogP) is 4.40. The van der Waals surface area contributed by atoms with Crippen molar-refractivity contribution in [3.05, 3.63) is 42.0 Å². The number of hydrogen-bond acceptors (Lipinski definition) is 6. The Morgan fingerprint density at radius 3 is 2.70 bits per heavy atom. The zero-order valence-electron chi connectivity index (χ0n) is 15.5. The molecule has 0 saturated heterocycles. The van der Waals surface area contributed by atoms with E-state index < -0.39 is 0 Å². The van der Waals surface area contributed by atoms with Crippen LogP contribution in [0.3, 0.4) is 0 Å². The summed E-state index contributed by atoms with van der Waals surface area (Å²) >= 11 is 2.84. The third-order valence-corrected chi connectivity index (χ3v) is 5.44. The van der Waals surface area contributed by atoms with Crippen molar-refractivity contribution in [3.63, 3.8) is 0 Å². The SMILES string of the molecule is COc1ccc(-c2cnc(SCC(=O)Nc3nccs3)n2CC(C)C)cc1. The Hall–Kier alpha value is -2.32. The van der Waals surface area contributed by atoms with Gasteiger partial charge in [-0.25, -0.2) is 9.97 Å². The van der Waals surface area contributed by atoms with Crippen molar-refractivity contribution in [1.82, 2.24) is 14.5 Å². The number of thiazole rings is 1. The van der Waals surface area contributed by atoms with E-state index in [4.69, 9.17) is 4.74 Å². The third kappa shape index (κ3) is 5.11. The van der Waals surface area contributed by atoms with Crippen LogP contribution in [0.2, 0.25) is 0 Å². The van der Waals surface area contributed by atoms with E-state index >= 15 is 0 Å². The number of carbonyl (C=O) groups is 1. The number of imidazole rings is 1. The van der Waals surface area contributed by atoms with Crippen LogP contribution in [0, 0.1) is 5.92 Å². The van der Waals surface area contributed by atoms with E-state index in [1.807, 2.05) is 35.8 Å². The predicted molar refractivity (Wildman–Crippen MR) is 111 cm³/mol. The first-order valence-corrected chi connectivity index (χ1v) is 10.5. The molecule has 1 amide bonds. The summed E-state index contributed by atoms with van der Waals surface area (Å²) in [6.07, 6.45) is 3.54. The first kappa shape index (κ1) is 19.4. The molecule has 0 aliphatic rings. The lowest BCUT2D eigenvalue weighted by Crippen LogP contribution is -2.15. The lowest BCUT2D eigenvalue weighted by atomic mass is 10.1. The molecule has 27 heavy (non-hydrogen) atoms. The highest BCUT2D eigenvalue weighted by Gasteiger charge is 2.15. The van der Waals surface area contributed by atoms with Crippen LogP contribution >= 0.6 is 23.1 Å². The van der Waals surface area contributed by atoms with Gasteiger partial charge in [-0.1, -0.05) is 25.6 Å². The largest absolute Gasteiger partial charge is 0.497 e. The van der Waals surface area contributed by atoms with Crippen molar-refractivity contribution in [1.29, 1.82) is 0 Å². The van der Waals surface area contributed by atoms with Crippen LogP contribution in [0.5, 0.6) is 5.75 Å². The monoisotopic (exact) mass is 402 g/mol. The van der Waals surface area contributed by atoms with Crippen LogP contribution in [0.1, 0.15) is 13.8 Å². The Balaban J connectivity index is 1.76. The molecule has 0 radical (unpaired) electrons. The van der Waals surface area contributed by atoms with Crippen LogP contribution in [0.25, 0.3) is 11.3 Å². The van der Waals surface area contributed by atoms with Gasteiger partial charge in [0.15, 0.2) is 10.3 Å². The summed E-state index contributed by atoms with van der Waals surface area (Å²) in [5.41, 5.74) is 2.11. The molecule has 0 aliphatic heterocycles. The average Bonchev–Trinajstić information content (AvgIpc) is 3.30. The molecule has 0 fully saturated rings. The number of nitrogens with zero attached hydrogens (tertiary/aromatic N) is 3. The molecule has 0 atom stereocenters. The maximum atomic E-state index is 12.1. The number of aromatic nitrogens is 3. The normalized spacial score (nSPS) is 11.0. The summed E-state index contributed by atoms with van der Waals surface area (Å²) in [5, 5.41) is 6.09. The van der Waals surface area contributed by atoms with Crippen molar-refractivity contribution in [2.45, 2.75) is 25.5 Å². The molecule has 0 bridgehead atoms. The number of rotatable bonds is 8. The zero-order chi connectivity index (χ0) is 19.2. The molecule has 2 aromatic heterocycles. The number of amides is 1. The molecule has 8 heteroatoms. The fourth-order valence-electron chi connectivity index (χ4n) is 2.58. The Bertz CT molecular complexity index is 874. The summed E-state index contributed by atoms with van der Waals surface area (Å²) in [4.78, 5) is 20.8. The molecule has 142 valence electrons. The second-order valence-electron chi connectivity index (χ2n) is 6.33. The van der Waals surface area contributed by atoms with Gasteiger partial charge in [0, 0.05) is 23.7 Å². The van der Waals surface area contributed by atoms with Gasteiger partial charge in [0.05, 0.1) is 24.8 Å². The van der Waals surface area contributed by atoms with Gasteiger partial charge < -0.3 is 14.6 Å². The summed E-state index contributed by atoms with van der Waals surface area (Å²) < 4.78 is 7.41. The molecule has 3 aromatic rings. The molecule has 6 nitrogen and oxygen atoms in total. The van der Waals surface area contributed by atoms with Crippen LogP contribution < -0.4 is 10.1 Å². The van der Waals surface area contributed by atoms with Gasteiger partial charge >= 0.3 is 0 Å². The minimum Gasteiger partial charge on any atom is -0.497 e. The highest BCUT2D eigenvalue weighted by atomic mass is 32.2. The standard InChI is InChI=1S/C19H22N4O2S2/c1-13(2)11-23-16(14-4-6-15(25-3)7-5-14)10-21-19(23)27-12-17(24)22-18-20-8-9-26-18/h4-10,13H,11-12H2,1-3H3,(H,20,22,24). The maximum absolute atomic E-state index is 12.1. The summed E-state index contributed by atoms with van der Waals surface area (Å²) in [5.74, 6) is 1.48. The van der Waals surface area contributed by atoms with Crippen molar-refractivity contribution in [2.75, 3.05) is 18.2 Å². The summed E-state index contributed by atoms with van der Waals surface area (Å²) in [7, 11) is 1.66. The summed E-state index contributed by atoms with van der Waals surface area (Å²) in [6.45, 7) is 5.17. The van der Waals surface area contributed by atoms with Gasteiger partial charge in [-0.2, -0.15) is 0 Å². The average molecular weight is 403 g/mol. The van der Waals surface area contributed by atoms with Gasteiger partial charge in [-0.15, -0.1) is 11.3 Å². The zero-order valence-corrected chi connectivity index (χ0v) is 17.1. The van der Waals surface area contributed by atoms with Crippen LogP contribution in [-0.2, 0) is 11.3 Å². The van der Waals surface area contributed by atoms with Gasteiger partial charge in [0.25, 0.3) is 0 Å². The van der Waals surface area contributed by atoms with Gasteiger partial charge in [-0.3, -0.25) is 4.79 Å². The van der Waals surface area contributed by atoms with Crippen LogP contribution in [-0.4, -0.2) is 33.3 Å². The number of thioether (sulfide) groups is 1. The Morgan fingerprint density at radius 1 is 1.30 bits per heavy atom. The van der Waals surface area contributed by atoms with Gasteiger partial charge in [0.2, 0.25) is 5.91 Å². The van der Waals surface area contributed by atoms with E-state index in [2.05, 4.69) is 33.7 Å². The molecule has 1 N–H and O–H groups in total. The number of methoxy groups -OCH3 is 1. The maximum Gasteiger partial charge on any atom is 0.236 e. The lowest BCUT2D eigenvalue weighted by Gasteiger charge is -2.14. The Labute approximate surface area is 167 Å². The molecule has 0 unspecified atom stereocenters. The quantitative estimate of drug-likeness (QED) is 0.566. The lowest BCUT2D eigenvalue weighted by molar-refractivity contribution is -0.113. The molecule has 0 spiro atoms. The van der Waals surface area contributed by atoms with Crippen molar-refractivity contribution >= 4 is 34.1 Å². The first-order chi connectivity index (χ1) is 13.1. The number of anilines is 1. The van der Waals surface area contributed by atoms with Crippen molar-refractivity contribution < 1.29 is 9.53 Å². The molecule has 2 heterocycles. The van der Waals surface area contributed by atoms with Crippen molar-refractivity contribution in [2.24, 2.45) is 5.92 Å². The Kier molecular flexibility index (Phi) is 6.52. The molecule has 0 saturated carbocycles. The topological polar surface area (TPSA) is 69.0 Å². The molecule has 0 aliphatic carbocycles. The van der Waals surface area contributed by atoms with Crippen LogP contribution in [0.4, 0.5) is 5.13 Å². The molecule has 3 rings (SSSR count). The molecular formula is C19H22N4O2S2. The van der Waals surface area contributed by atoms with E-state index in [0.29, 0.717) is 11.0 Å². The number of carbonyl (C=O) groups excluding carboxylic acids is 1. The second-order valence-corrected chi connectivity index (χ2v) is 8.17. The highest BCUT2D eigenvalue weighted by molar-refractivity contribution is 7.99. The number of benzene rings is 1. The second kappa shape index (κ2) is 9.05. The smallest absolute Gasteiger partial charge is 0.236 e.